The fraction of sp³-hybridized carbons (Fsp3) is 0.500. The van der Waals surface area contributed by atoms with Gasteiger partial charge in [-0.1, -0.05) is 55.8 Å². The van der Waals surface area contributed by atoms with Crippen LogP contribution in [0, 0.1) is 5.92 Å². The van der Waals surface area contributed by atoms with E-state index in [1.165, 1.54) is 11.1 Å². The molecule has 1 aromatic carbocycles. The first-order valence-corrected chi connectivity index (χ1v) is 9.69. The second kappa shape index (κ2) is 8.69. The predicted octanol–water partition coefficient (Wildman–Crippen LogP) is 3.11. The molecule has 140 valence electrons. The number of hydrogen-bond acceptors (Lipinski definition) is 4. The lowest BCUT2D eigenvalue weighted by Gasteiger charge is -2.36. The largest absolute Gasteiger partial charge is 0.366 e. The van der Waals surface area contributed by atoms with Crippen LogP contribution in [-0.4, -0.2) is 47.4 Å². The maximum atomic E-state index is 12.6. The molecular weight excluding hydrogens is 348 g/mol. The number of rotatable bonds is 6. The van der Waals surface area contributed by atoms with Gasteiger partial charge in [0.2, 0.25) is 0 Å². The third kappa shape index (κ3) is 4.65. The Balaban J connectivity index is 1.66. The first-order chi connectivity index (χ1) is 12.5. The zero-order valence-electron chi connectivity index (χ0n) is 15.6. The molecule has 1 fully saturated rings. The number of aromatic nitrogens is 2. The molecule has 0 bridgehead atoms. The SMILES string of the molecule is CC(C)CCN1CCN(c2cnn(Cc3ccccc3)c(=O)c2Cl)CC1. The Hall–Kier alpha value is -1.85. The Labute approximate surface area is 160 Å². The second-order valence-corrected chi connectivity index (χ2v) is 7.68. The quantitative estimate of drug-likeness (QED) is 0.779. The summed E-state index contributed by atoms with van der Waals surface area (Å²) in [5.41, 5.74) is 1.56. The summed E-state index contributed by atoms with van der Waals surface area (Å²) in [4.78, 5) is 17.3. The maximum absolute atomic E-state index is 12.6. The van der Waals surface area contributed by atoms with Crippen LogP contribution in [0.3, 0.4) is 0 Å². The predicted molar refractivity (Wildman–Crippen MR) is 107 cm³/mol. The molecule has 26 heavy (non-hydrogen) atoms. The summed E-state index contributed by atoms with van der Waals surface area (Å²) in [6.45, 7) is 9.83. The van der Waals surface area contributed by atoms with Crippen molar-refractivity contribution in [2.45, 2.75) is 26.8 Å². The average molecular weight is 375 g/mol. The van der Waals surface area contributed by atoms with E-state index in [2.05, 4.69) is 28.7 Å². The molecule has 1 aliphatic rings. The van der Waals surface area contributed by atoms with Gasteiger partial charge in [0, 0.05) is 26.2 Å². The van der Waals surface area contributed by atoms with Crippen LogP contribution in [0.15, 0.2) is 41.3 Å². The lowest BCUT2D eigenvalue weighted by molar-refractivity contribution is 0.243. The van der Waals surface area contributed by atoms with E-state index in [0.29, 0.717) is 6.54 Å². The van der Waals surface area contributed by atoms with Crippen LogP contribution < -0.4 is 10.5 Å². The smallest absolute Gasteiger partial charge is 0.287 e. The van der Waals surface area contributed by atoms with Crippen molar-refractivity contribution < 1.29 is 0 Å². The zero-order chi connectivity index (χ0) is 18.5. The first kappa shape index (κ1) is 18.9. The van der Waals surface area contributed by atoms with Gasteiger partial charge in [0.15, 0.2) is 0 Å². The fourth-order valence-corrected chi connectivity index (χ4v) is 3.46. The first-order valence-electron chi connectivity index (χ1n) is 9.31. The normalized spacial score (nSPS) is 15.6. The molecule has 2 aromatic rings. The molecule has 1 aromatic heterocycles. The maximum Gasteiger partial charge on any atom is 0.287 e. The topological polar surface area (TPSA) is 41.4 Å². The van der Waals surface area contributed by atoms with Crippen LogP contribution in [0.5, 0.6) is 0 Å². The molecule has 1 saturated heterocycles. The number of hydrogen-bond donors (Lipinski definition) is 0. The van der Waals surface area contributed by atoms with Crippen molar-refractivity contribution in [1.82, 2.24) is 14.7 Å². The molecule has 0 amide bonds. The molecule has 3 rings (SSSR count). The Morgan fingerprint density at radius 3 is 2.46 bits per heavy atom. The summed E-state index contributed by atoms with van der Waals surface area (Å²) >= 11 is 6.41. The average Bonchev–Trinajstić information content (AvgIpc) is 2.65. The van der Waals surface area contributed by atoms with Crippen molar-refractivity contribution in [3.8, 4) is 0 Å². The van der Waals surface area contributed by atoms with E-state index in [1.54, 1.807) is 6.20 Å². The molecule has 0 saturated carbocycles. The number of nitrogens with zero attached hydrogens (tertiary/aromatic N) is 4. The van der Waals surface area contributed by atoms with Crippen LogP contribution in [0.2, 0.25) is 5.02 Å². The van der Waals surface area contributed by atoms with E-state index >= 15 is 0 Å². The summed E-state index contributed by atoms with van der Waals surface area (Å²) in [5.74, 6) is 0.726. The highest BCUT2D eigenvalue weighted by Crippen LogP contribution is 2.22. The highest BCUT2D eigenvalue weighted by Gasteiger charge is 2.21. The van der Waals surface area contributed by atoms with Gasteiger partial charge >= 0.3 is 0 Å². The van der Waals surface area contributed by atoms with Crippen LogP contribution in [-0.2, 0) is 6.54 Å². The summed E-state index contributed by atoms with van der Waals surface area (Å²) in [7, 11) is 0. The third-order valence-electron chi connectivity index (χ3n) is 4.88. The van der Waals surface area contributed by atoms with E-state index < -0.39 is 0 Å². The molecule has 5 nitrogen and oxygen atoms in total. The molecule has 1 aliphatic heterocycles. The zero-order valence-corrected chi connectivity index (χ0v) is 16.3. The molecule has 0 radical (unpaired) electrons. The van der Waals surface area contributed by atoms with Gasteiger partial charge in [-0.25, -0.2) is 4.68 Å². The molecule has 0 aliphatic carbocycles. The standard InChI is InChI=1S/C20H27ClN4O/c1-16(2)8-9-23-10-12-24(13-11-23)18-14-22-25(20(26)19(18)21)15-17-6-4-3-5-7-17/h3-7,14,16H,8-13,15H2,1-2H3. The van der Waals surface area contributed by atoms with Crippen molar-refractivity contribution in [2.75, 3.05) is 37.6 Å². The lowest BCUT2D eigenvalue weighted by Crippen LogP contribution is -2.47. The molecule has 6 heteroatoms. The van der Waals surface area contributed by atoms with Crippen molar-refractivity contribution in [1.29, 1.82) is 0 Å². The molecule has 0 atom stereocenters. The monoisotopic (exact) mass is 374 g/mol. The minimum Gasteiger partial charge on any atom is -0.366 e. The van der Waals surface area contributed by atoms with Gasteiger partial charge in [-0.05, 0) is 24.4 Å². The van der Waals surface area contributed by atoms with Gasteiger partial charge in [-0.3, -0.25) is 9.69 Å². The minimum absolute atomic E-state index is 0.227. The number of halogens is 1. The number of piperazine rings is 1. The van der Waals surface area contributed by atoms with Crippen LogP contribution in [0.25, 0.3) is 0 Å². The van der Waals surface area contributed by atoms with Crippen molar-refractivity contribution in [3.05, 3.63) is 57.5 Å². The second-order valence-electron chi connectivity index (χ2n) is 7.30. The minimum atomic E-state index is -0.227. The summed E-state index contributed by atoms with van der Waals surface area (Å²) in [5, 5.41) is 4.62. The Bertz CT molecular complexity index is 767. The summed E-state index contributed by atoms with van der Waals surface area (Å²) in [6, 6.07) is 9.82. The molecule has 0 unspecified atom stereocenters. The van der Waals surface area contributed by atoms with E-state index in [9.17, 15) is 4.79 Å². The van der Waals surface area contributed by atoms with Crippen LogP contribution in [0.4, 0.5) is 5.69 Å². The summed E-state index contributed by atoms with van der Waals surface area (Å²) < 4.78 is 1.43. The van der Waals surface area contributed by atoms with Gasteiger partial charge < -0.3 is 4.90 Å². The third-order valence-corrected chi connectivity index (χ3v) is 5.23. The Morgan fingerprint density at radius 2 is 1.81 bits per heavy atom. The number of anilines is 1. The van der Waals surface area contributed by atoms with Gasteiger partial charge in [0.1, 0.15) is 5.02 Å². The van der Waals surface area contributed by atoms with E-state index in [1.807, 2.05) is 30.3 Å². The molecule has 0 N–H and O–H groups in total. The van der Waals surface area contributed by atoms with Crippen molar-refractivity contribution in [2.24, 2.45) is 5.92 Å². The lowest BCUT2D eigenvalue weighted by atomic mass is 10.1. The summed E-state index contributed by atoms with van der Waals surface area (Å²) in [6.07, 6.45) is 2.95. The van der Waals surface area contributed by atoms with E-state index in [4.69, 9.17) is 11.6 Å². The van der Waals surface area contributed by atoms with Gasteiger partial charge in [0.25, 0.3) is 5.56 Å². The van der Waals surface area contributed by atoms with Crippen molar-refractivity contribution >= 4 is 17.3 Å². The highest BCUT2D eigenvalue weighted by atomic mass is 35.5. The van der Waals surface area contributed by atoms with Gasteiger partial charge in [0.05, 0.1) is 18.4 Å². The molecule has 0 spiro atoms. The van der Waals surface area contributed by atoms with Gasteiger partial charge in [-0.15, -0.1) is 0 Å². The Morgan fingerprint density at radius 1 is 1.12 bits per heavy atom. The molecule has 2 heterocycles. The van der Waals surface area contributed by atoms with Crippen LogP contribution >= 0.6 is 11.6 Å². The molecular formula is C20H27ClN4O. The Kier molecular flexibility index (Phi) is 6.33. The highest BCUT2D eigenvalue weighted by molar-refractivity contribution is 6.33. The fourth-order valence-electron chi connectivity index (χ4n) is 3.20. The van der Waals surface area contributed by atoms with Crippen LogP contribution in [0.1, 0.15) is 25.8 Å². The van der Waals surface area contributed by atoms with E-state index in [0.717, 1.165) is 49.9 Å². The number of benzene rings is 1. The van der Waals surface area contributed by atoms with E-state index in [-0.39, 0.29) is 10.6 Å². The van der Waals surface area contributed by atoms with Gasteiger partial charge in [-0.2, -0.15) is 5.10 Å². The van der Waals surface area contributed by atoms with Crippen molar-refractivity contribution in [3.63, 3.8) is 0 Å².